The quantitative estimate of drug-likeness (QED) is 0.419. The molecule has 0 bridgehead atoms. The van der Waals surface area contributed by atoms with Gasteiger partial charge in [-0.3, -0.25) is 24.0 Å². The van der Waals surface area contributed by atoms with Gasteiger partial charge in [0, 0.05) is 38.2 Å². The van der Waals surface area contributed by atoms with Crippen LogP contribution >= 0.6 is 0 Å². The molecule has 230 valence electrons. The van der Waals surface area contributed by atoms with E-state index in [1.165, 1.54) is 17.9 Å². The van der Waals surface area contributed by atoms with E-state index in [4.69, 9.17) is 5.10 Å². The Bertz CT molecular complexity index is 1680. The Morgan fingerprint density at radius 2 is 1.91 bits per heavy atom. The molecule has 10 nitrogen and oxygen atoms in total. The number of hydrogen-bond acceptors (Lipinski definition) is 6. The summed E-state index contributed by atoms with van der Waals surface area (Å²) >= 11 is 0. The van der Waals surface area contributed by atoms with E-state index in [-0.39, 0.29) is 30.4 Å². The Hall–Kier alpha value is -4.68. The van der Waals surface area contributed by atoms with Crippen LogP contribution in [-0.2, 0) is 40.2 Å². The van der Waals surface area contributed by atoms with Gasteiger partial charge in [-0.15, -0.1) is 0 Å². The highest BCUT2D eigenvalue weighted by molar-refractivity contribution is 6.10. The number of amides is 3. The minimum atomic E-state index is -4.64. The van der Waals surface area contributed by atoms with Gasteiger partial charge < -0.3 is 14.7 Å². The first-order valence-electron chi connectivity index (χ1n) is 14.3. The summed E-state index contributed by atoms with van der Waals surface area (Å²) < 4.78 is 43.0. The Kier molecular flexibility index (Phi) is 7.21. The number of nitrogens with zero attached hydrogens (tertiary/aromatic N) is 7. The number of likely N-dealkylation sites (N-methyl/N-ethyl adjacent to an activating group) is 1. The summed E-state index contributed by atoms with van der Waals surface area (Å²) in [6.45, 7) is 9.06. The third kappa shape index (κ3) is 5.09. The number of carbonyl (C=O) groups excluding carboxylic acids is 3. The highest BCUT2D eigenvalue weighted by atomic mass is 19.4. The van der Waals surface area contributed by atoms with Gasteiger partial charge in [-0.25, -0.2) is 4.98 Å². The van der Waals surface area contributed by atoms with Crippen LogP contribution in [-0.4, -0.2) is 63.6 Å². The number of alkyl halides is 3. The van der Waals surface area contributed by atoms with Gasteiger partial charge in [0.2, 0.25) is 17.7 Å². The predicted molar refractivity (Wildman–Crippen MR) is 157 cm³/mol. The van der Waals surface area contributed by atoms with Crippen molar-refractivity contribution >= 4 is 34.9 Å². The lowest BCUT2D eigenvalue weighted by Crippen LogP contribution is -2.52. The average Bonchev–Trinajstić information content (AvgIpc) is 3.53. The Balaban J connectivity index is 1.39. The minimum Gasteiger partial charge on any atom is -0.363 e. The second kappa shape index (κ2) is 10.8. The first-order chi connectivity index (χ1) is 20.8. The van der Waals surface area contributed by atoms with Crippen LogP contribution in [0.15, 0.2) is 49.1 Å². The van der Waals surface area contributed by atoms with E-state index < -0.39 is 35.5 Å². The van der Waals surface area contributed by atoms with Crippen molar-refractivity contribution in [2.24, 2.45) is 5.92 Å². The molecule has 0 N–H and O–H groups in total. The van der Waals surface area contributed by atoms with Gasteiger partial charge in [-0.2, -0.15) is 18.3 Å². The first-order valence-corrected chi connectivity index (χ1v) is 14.3. The van der Waals surface area contributed by atoms with Crippen LogP contribution in [0.4, 0.5) is 30.4 Å². The lowest BCUT2D eigenvalue weighted by Gasteiger charge is -2.39. The molecule has 0 aliphatic carbocycles. The van der Waals surface area contributed by atoms with Gasteiger partial charge in [0.1, 0.15) is 11.9 Å². The second-order valence-corrected chi connectivity index (χ2v) is 11.6. The van der Waals surface area contributed by atoms with Crippen LogP contribution in [0.1, 0.15) is 34.6 Å². The Labute approximate surface area is 252 Å². The third-order valence-electron chi connectivity index (χ3n) is 8.56. The SMILES string of the molecule is C=CC(=O)N1CCn2nc(CN3C[C@H]4CC(=O)N(c5cc(C(F)(F)F)cc(C)n5)[C@@H]4C(=O)N(C)c4cccc(C)c43)cc2C1. The van der Waals surface area contributed by atoms with Crippen LogP contribution in [0.3, 0.4) is 0 Å². The van der Waals surface area contributed by atoms with Crippen molar-refractivity contribution < 1.29 is 27.6 Å². The molecule has 0 saturated carbocycles. The maximum absolute atomic E-state index is 14.1. The molecule has 2 atom stereocenters. The zero-order valence-corrected chi connectivity index (χ0v) is 24.6. The van der Waals surface area contributed by atoms with Gasteiger partial charge in [0.05, 0.1) is 48.0 Å². The van der Waals surface area contributed by atoms with Crippen molar-refractivity contribution in [1.29, 1.82) is 0 Å². The highest BCUT2D eigenvalue weighted by Gasteiger charge is 2.49. The zero-order chi connectivity index (χ0) is 31.5. The molecule has 3 aliphatic rings. The molecule has 0 unspecified atom stereocenters. The fourth-order valence-corrected chi connectivity index (χ4v) is 6.56. The largest absolute Gasteiger partial charge is 0.416 e. The summed E-state index contributed by atoms with van der Waals surface area (Å²) in [5.41, 5.74) is 3.16. The lowest BCUT2D eigenvalue weighted by atomic mass is 9.95. The summed E-state index contributed by atoms with van der Waals surface area (Å²) in [5.74, 6) is -1.71. The summed E-state index contributed by atoms with van der Waals surface area (Å²) in [7, 11) is 1.62. The molecule has 44 heavy (non-hydrogen) atoms. The molecule has 0 radical (unpaired) electrons. The molecular weight excluding hydrogens is 575 g/mol. The molecule has 1 fully saturated rings. The lowest BCUT2D eigenvalue weighted by molar-refractivity contribution is -0.137. The molecular formula is C31H32F3N7O3. The maximum Gasteiger partial charge on any atom is 0.416 e. The predicted octanol–water partition coefficient (Wildman–Crippen LogP) is 3.85. The number of anilines is 3. The van der Waals surface area contributed by atoms with Crippen LogP contribution in [0, 0.1) is 19.8 Å². The molecule has 13 heteroatoms. The van der Waals surface area contributed by atoms with Crippen molar-refractivity contribution in [3.05, 3.63) is 77.3 Å². The Morgan fingerprint density at radius 3 is 2.64 bits per heavy atom. The van der Waals surface area contributed by atoms with Crippen molar-refractivity contribution in [1.82, 2.24) is 19.7 Å². The van der Waals surface area contributed by atoms with Gasteiger partial charge in [0.15, 0.2) is 0 Å². The number of aromatic nitrogens is 3. The fraction of sp³-hybridized carbons (Fsp3) is 0.387. The number of benzene rings is 1. The van der Waals surface area contributed by atoms with Crippen molar-refractivity contribution in [2.45, 2.75) is 52.1 Å². The zero-order valence-electron chi connectivity index (χ0n) is 24.6. The van der Waals surface area contributed by atoms with E-state index in [2.05, 4.69) is 16.5 Å². The first kappa shape index (κ1) is 29.4. The molecule has 3 aromatic rings. The van der Waals surface area contributed by atoms with Crippen LogP contribution in [0.5, 0.6) is 0 Å². The summed E-state index contributed by atoms with van der Waals surface area (Å²) in [6, 6.07) is 8.27. The van der Waals surface area contributed by atoms with Crippen LogP contribution in [0.2, 0.25) is 0 Å². The monoisotopic (exact) mass is 607 g/mol. The van der Waals surface area contributed by atoms with Gasteiger partial charge in [-0.1, -0.05) is 18.7 Å². The van der Waals surface area contributed by atoms with Crippen molar-refractivity contribution in [3.8, 4) is 0 Å². The number of pyridine rings is 1. The smallest absolute Gasteiger partial charge is 0.363 e. The number of carbonyl (C=O) groups is 3. The molecule has 2 aromatic heterocycles. The van der Waals surface area contributed by atoms with E-state index in [1.54, 1.807) is 11.9 Å². The number of para-hydroxylation sites is 1. The molecule has 1 aromatic carbocycles. The molecule has 1 saturated heterocycles. The number of rotatable bonds is 4. The summed E-state index contributed by atoms with van der Waals surface area (Å²) in [6.07, 6.45) is -3.37. The molecule has 0 spiro atoms. The van der Waals surface area contributed by atoms with Crippen molar-refractivity contribution in [3.63, 3.8) is 0 Å². The van der Waals surface area contributed by atoms with Crippen LogP contribution in [0.25, 0.3) is 0 Å². The topological polar surface area (TPSA) is 94.9 Å². The van der Waals surface area contributed by atoms with E-state index >= 15 is 0 Å². The van der Waals surface area contributed by atoms with Gasteiger partial charge in [0.25, 0.3) is 0 Å². The number of halogens is 3. The van der Waals surface area contributed by atoms with E-state index in [0.29, 0.717) is 31.9 Å². The number of aryl methyl sites for hydroxylation is 2. The average molecular weight is 608 g/mol. The van der Waals surface area contributed by atoms with E-state index in [1.807, 2.05) is 35.9 Å². The molecule has 6 rings (SSSR count). The standard InChI is InChI=1S/C31H32F3N7O3/c1-5-26(42)38-9-10-40-23(17-38)14-22(36-40)16-39-15-20-12-27(43)41(25-13-21(31(32,33)34)11-19(3)35-25)29(20)30(44)37(4)24-8-6-7-18(2)28(24)39/h5-8,11,13-14,20,29H,1,9-10,12,15-17H2,2-4H3/t20-,29+/m1/s1. The fourth-order valence-electron chi connectivity index (χ4n) is 6.56. The van der Waals surface area contributed by atoms with Gasteiger partial charge >= 0.3 is 6.18 Å². The third-order valence-corrected chi connectivity index (χ3v) is 8.56. The molecule has 3 amide bonds. The highest BCUT2D eigenvalue weighted by Crippen LogP contribution is 2.42. The maximum atomic E-state index is 14.1. The Morgan fingerprint density at radius 1 is 1.14 bits per heavy atom. The summed E-state index contributed by atoms with van der Waals surface area (Å²) in [5, 5.41) is 4.80. The van der Waals surface area contributed by atoms with Gasteiger partial charge in [-0.05, 0) is 49.8 Å². The van der Waals surface area contributed by atoms with Crippen molar-refractivity contribution in [2.75, 3.05) is 34.8 Å². The second-order valence-electron chi connectivity index (χ2n) is 11.6. The molecule has 5 heterocycles. The summed E-state index contributed by atoms with van der Waals surface area (Å²) in [4.78, 5) is 50.4. The van der Waals surface area contributed by atoms with E-state index in [0.717, 1.165) is 39.7 Å². The van der Waals surface area contributed by atoms with Crippen LogP contribution < -0.4 is 14.7 Å². The molecule has 3 aliphatic heterocycles. The number of fused-ring (bicyclic) bond motifs is 3. The minimum absolute atomic E-state index is 0.0305. The number of hydrogen-bond donors (Lipinski definition) is 0. The van der Waals surface area contributed by atoms with E-state index in [9.17, 15) is 27.6 Å². The normalized spacial score (nSPS) is 20.2.